The second-order valence-electron chi connectivity index (χ2n) is 13.0. The number of esters is 1. The van der Waals surface area contributed by atoms with Crippen LogP contribution in [0.3, 0.4) is 0 Å². The van der Waals surface area contributed by atoms with Crippen molar-refractivity contribution >= 4 is 40.0 Å². The number of fused-ring (bicyclic) bond motifs is 1. The molecule has 3 heterocycles. The van der Waals surface area contributed by atoms with E-state index in [-0.39, 0.29) is 86.2 Å². The van der Waals surface area contributed by atoms with Gasteiger partial charge < -0.3 is 49.1 Å². The third kappa shape index (κ3) is 10.3. The molecule has 19 heteroatoms. The number of aromatic nitrogens is 3. The van der Waals surface area contributed by atoms with Crippen molar-refractivity contribution in [2.45, 2.75) is 44.8 Å². The molecule has 54 heavy (non-hydrogen) atoms. The molecule has 296 valence electrons. The molecule has 19 nitrogen and oxygen atoms in total. The Bertz CT molecular complexity index is 1700. The number of non-ortho nitro benzene ring substituents is 1. The van der Waals surface area contributed by atoms with Crippen molar-refractivity contribution in [3.05, 3.63) is 40.1 Å². The van der Waals surface area contributed by atoms with Crippen molar-refractivity contribution in [2.75, 3.05) is 96.4 Å². The van der Waals surface area contributed by atoms with Gasteiger partial charge in [0.2, 0.25) is 11.4 Å². The van der Waals surface area contributed by atoms with Crippen LogP contribution in [0.2, 0.25) is 0 Å². The molecule has 2 fully saturated rings. The Morgan fingerprint density at radius 1 is 1.02 bits per heavy atom. The molecule has 1 aliphatic carbocycles. The van der Waals surface area contributed by atoms with E-state index < -0.39 is 22.3 Å². The van der Waals surface area contributed by atoms with E-state index >= 15 is 0 Å². The van der Waals surface area contributed by atoms with Crippen LogP contribution in [0.25, 0.3) is 11.0 Å². The number of benzene rings is 1. The van der Waals surface area contributed by atoms with E-state index in [1.807, 2.05) is 0 Å². The summed E-state index contributed by atoms with van der Waals surface area (Å²) in [4.78, 5) is 44.1. The smallest absolute Gasteiger partial charge is 0.331 e. The van der Waals surface area contributed by atoms with E-state index in [1.54, 1.807) is 33.1 Å². The highest BCUT2D eigenvalue weighted by molar-refractivity contribution is 5.97. The summed E-state index contributed by atoms with van der Waals surface area (Å²) in [7, 11) is 1.67. The van der Waals surface area contributed by atoms with E-state index in [0.29, 0.717) is 57.6 Å². The summed E-state index contributed by atoms with van der Waals surface area (Å²) in [5, 5.41) is 33.9. The normalized spacial score (nSPS) is 17.8. The first kappa shape index (κ1) is 40.5. The van der Waals surface area contributed by atoms with E-state index in [9.17, 15) is 24.8 Å². The molecule has 1 amide bonds. The zero-order valence-corrected chi connectivity index (χ0v) is 30.8. The maximum absolute atomic E-state index is 13.6. The minimum atomic E-state index is -1.35. The summed E-state index contributed by atoms with van der Waals surface area (Å²) in [5.41, 5.74) is 0.174. The largest absolute Gasteiger partial charge is 0.476 e. The monoisotopic (exact) mass is 759 g/mol. The number of hydrogen-bond donors (Lipinski definition) is 3. The number of carbonyl (C=O) groups is 2. The van der Waals surface area contributed by atoms with Gasteiger partial charge >= 0.3 is 11.7 Å². The third-order valence-electron chi connectivity index (χ3n) is 9.52. The zero-order valence-electron chi connectivity index (χ0n) is 30.8. The molecule has 2 aromatic heterocycles. The minimum Gasteiger partial charge on any atom is -0.476 e. The molecule has 1 saturated carbocycles. The Labute approximate surface area is 312 Å². The number of aliphatic hydroxyl groups is 1. The van der Waals surface area contributed by atoms with Crippen molar-refractivity contribution in [2.24, 2.45) is 11.8 Å². The van der Waals surface area contributed by atoms with Crippen LogP contribution in [0, 0.1) is 22.0 Å². The summed E-state index contributed by atoms with van der Waals surface area (Å²) in [6.45, 7) is 7.56. The quantitative estimate of drug-likeness (QED) is 0.0487. The molecule has 3 atom stereocenters. The maximum Gasteiger partial charge on any atom is 0.331 e. The van der Waals surface area contributed by atoms with Crippen molar-refractivity contribution in [3.8, 4) is 5.88 Å². The van der Waals surface area contributed by atoms with Crippen LogP contribution < -0.4 is 20.3 Å². The summed E-state index contributed by atoms with van der Waals surface area (Å²) in [5.74, 6) is -0.348. The number of nitrogens with one attached hydrogen (secondary N) is 2. The number of ether oxygens (including phenoxy) is 6. The fourth-order valence-corrected chi connectivity index (χ4v) is 5.98. The number of pyridine rings is 1. The number of nitro benzene ring substituents is 1. The Morgan fingerprint density at radius 2 is 1.74 bits per heavy atom. The highest BCUT2D eigenvalue weighted by Crippen LogP contribution is 2.39. The number of nitro groups is 1. The van der Waals surface area contributed by atoms with Gasteiger partial charge in [0.15, 0.2) is 5.52 Å². The van der Waals surface area contributed by atoms with E-state index in [4.69, 9.17) is 28.4 Å². The molecule has 1 unspecified atom stereocenters. The van der Waals surface area contributed by atoms with Gasteiger partial charge in [-0.05, 0) is 60.1 Å². The Kier molecular flexibility index (Phi) is 14.7. The average Bonchev–Trinajstić information content (AvgIpc) is 3.75. The number of methoxy groups -OCH3 is 1. The molecular weight excluding hydrogens is 710 g/mol. The summed E-state index contributed by atoms with van der Waals surface area (Å²) < 4.78 is 38.5. The molecule has 0 spiro atoms. The van der Waals surface area contributed by atoms with Crippen molar-refractivity contribution in [1.82, 2.24) is 20.6 Å². The van der Waals surface area contributed by atoms with Crippen molar-refractivity contribution in [1.29, 1.82) is 0 Å². The first-order valence-electron chi connectivity index (χ1n) is 18.1. The topological polar surface area (TPSA) is 232 Å². The highest BCUT2D eigenvalue weighted by atomic mass is 16.6. The van der Waals surface area contributed by atoms with Crippen LogP contribution >= 0.6 is 0 Å². The lowest BCUT2D eigenvalue weighted by Crippen LogP contribution is -2.55. The van der Waals surface area contributed by atoms with Crippen LogP contribution in [0.5, 0.6) is 5.88 Å². The molecular formula is C35H49N7O12. The van der Waals surface area contributed by atoms with Crippen LogP contribution in [-0.4, -0.2) is 135 Å². The molecule has 1 aliphatic heterocycles. The van der Waals surface area contributed by atoms with Crippen LogP contribution in [0.4, 0.5) is 17.1 Å². The first-order chi connectivity index (χ1) is 26.2. The van der Waals surface area contributed by atoms with E-state index in [0.717, 1.165) is 12.1 Å². The van der Waals surface area contributed by atoms with Gasteiger partial charge in [0.05, 0.1) is 63.0 Å². The minimum absolute atomic E-state index is 0.0669. The molecule has 5 rings (SSSR count). The molecule has 1 saturated heterocycles. The number of nitrogens with zero attached hydrogens (tertiary/aromatic N) is 5. The third-order valence-corrected chi connectivity index (χ3v) is 9.52. The molecule has 0 bridgehead atoms. The lowest BCUT2D eigenvalue weighted by atomic mass is 9.92. The molecule has 1 aromatic carbocycles. The predicted octanol–water partition coefficient (Wildman–Crippen LogP) is 2.36. The Morgan fingerprint density at radius 3 is 2.41 bits per heavy atom. The summed E-state index contributed by atoms with van der Waals surface area (Å²) in [6, 6.07) is 6.27. The SMILES string of the molecule is CCOC(=O)C(CC)(CCOCCOCCOCCNc1ccc([N+](=O)[O-])c2nonc12)NC(=O)c1ccc(N2CC(OC)C2)c(OC[C@H]2C[C@@H]2CO)n1. The lowest BCUT2D eigenvalue weighted by Gasteiger charge is -2.40. The number of anilines is 2. The number of aliphatic hydroxyl groups excluding tert-OH is 1. The molecule has 0 radical (unpaired) electrons. The zero-order chi connectivity index (χ0) is 38.5. The molecule has 3 aromatic rings. The summed E-state index contributed by atoms with van der Waals surface area (Å²) in [6.07, 6.45) is 1.40. The fourth-order valence-electron chi connectivity index (χ4n) is 5.98. The second kappa shape index (κ2) is 19.6. The van der Waals surface area contributed by atoms with Crippen LogP contribution in [-0.2, 0) is 28.5 Å². The average molecular weight is 760 g/mol. The van der Waals surface area contributed by atoms with Gasteiger partial charge in [-0.15, -0.1) is 0 Å². The number of carbonyl (C=O) groups excluding carboxylic acids is 2. The fraction of sp³-hybridized carbons (Fsp3) is 0.629. The van der Waals surface area contributed by atoms with Crippen LogP contribution in [0.1, 0.15) is 43.6 Å². The van der Waals surface area contributed by atoms with Gasteiger partial charge in [-0.3, -0.25) is 14.9 Å². The highest BCUT2D eigenvalue weighted by Gasteiger charge is 2.41. The van der Waals surface area contributed by atoms with E-state index in [2.05, 4.69) is 35.5 Å². The standard InChI is InChI=1S/C35H49N7O12/c1-4-35(34(45)52-5-2,38-32(44)27-7-9-29(41-19-25(20-41)48-3)33(37-27)53-22-24-18-23(24)21-43)10-12-49-14-16-51-17-15-50-13-11-36-26-6-8-28(42(46)47)31-30(26)39-54-40-31/h6-9,23-25,36,43H,4-5,10-22H2,1-3H3,(H,38,44)/t23-,24-,35?/m1/s1. The van der Waals surface area contributed by atoms with Crippen molar-refractivity contribution < 1.29 is 52.7 Å². The predicted molar refractivity (Wildman–Crippen MR) is 193 cm³/mol. The summed E-state index contributed by atoms with van der Waals surface area (Å²) >= 11 is 0. The van der Waals surface area contributed by atoms with Gasteiger partial charge in [-0.1, -0.05) is 6.92 Å². The second-order valence-corrected chi connectivity index (χ2v) is 13.0. The molecule has 3 N–H and O–H groups in total. The Balaban J connectivity index is 1.04. The van der Waals surface area contributed by atoms with Gasteiger partial charge in [0.1, 0.15) is 16.9 Å². The number of hydrogen-bond acceptors (Lipinski definition) is 17. The van der Waals surface area contributed by atoms with Gasteiger partial charge in [0.25, 0.3) is 5.91 Å². The van der Waals surface area contributed by atoms with E-state index in [1.165, 1.54) is 12.1 Å². The first-order valence-corrected chi connectivity index (χ1v) is 18.1. The van der Waals surface area contributed by atoms with Crippen LogP contribution in [0.15, 0.2) is 28.9 Å². The Hall–Kier alpha value is -4.69. The van der Waals surface area contributed by atoms with Crippen molar-refractivity contribution in [3.63, 3.8) is 0 Å². The number of rotatable bonds is 25. The molecule has 2 aliphatic rings. The van der Waals surface area contributed by atoms with Gasteiger partial charge in [-0.25, -0.2) is 14.4 Å². The lowest BCUT2D eigenvalue weighted by molar-refractivity contribution is -0.383. The van der Waals surface area contributed by atoms with Gasteiger partial charge in [0, 0.05) is 52.4 Å². The number of amides is 1. The maximum atomic E-state index is 13.6. The van der Waals surface area contributed by atoms with Gasteiger partial charge in [-0.2, -0.15) is 0 Å².